The minimum atomic E-state index is 0.278. The number of fused-ring (bicyclic) bond motifs is 2. The number of likely N-dealkylation sites (tertiary alicyclic amines) is 1. The molecule has 0 radical (unpaired) electrons. The molecule has 0 aromatic heterocycles. The predicted octanol–water partition coefficient (Wildman–Crippen LogP) is 1.98. The summed E-state index contributed by atoms with van der Waals surface area (Å²) in [6.45, 7) is 5.59. The van der Waals surface area contributed by atoms with E-state index in [2.05, 4.69) is 34.5 Å². The van der Waals surface area contributed by atoms with Crippen LogP contribution in [0.2, 0.25) is 0 Å². The quantitative estimate of drug-likeness (QED) is 0.891. The van der Waals surface area contributed by atoms with E-state index < -0.39 is 0 Å². The first-order valence-corrected chi connectivity index (χ1v) is 8.05. The van der Waals surface area contributed by atoms with Crippen LogP contribution in [0, 0.1) is 5.92 Å². The number of piperidine rings is 1. The number of hydrogen-bond acceptors (Lipinski definition) is 3. The average molecular weight is 272 g/mol. The molecule has 3 nitrogen and oxygen atoms in total. The van der Waals surface area contributed by atoms with Gasteiger partial charge in [-0.2, -0.15) is 0 Å². The summed E-state index contributed by atoms with van der Waals surface area (Å²) in [5, 5.41) is 3.68. The highest BCUT2D eigenvalue weighted by Crippen LogP contribution is 2.31. The Morgan fingerprint density at radius 2 is 2.20 bits per heavy atom. The molecule has 108 valence electrons. The van der Waals surface area contributed by atoms with Gasteiger partial charge in [0.15, 0.2) is 0 Å². The summed E-state index contributed by atoms with van der Waals surface area (Å²) >= 11 is 0. The minimum absolute atomic E-state index is 0.278. The van der Waals surface area contributed by atoms with Crippen LogP contribution in [0.25, 0.3) is 0 Å². The Hall–Kier alpha value is -0.900. The third kappa shape index (κ3) is 2.39. The van der Waals surface area contributed by atoms with Gasteiger partial charge in [-0.25, -0.2) is 0 Å². The van der Waals surface area contributed by atoms with E-state index in [1.807, 2.05) is 0 Å². The summed E-state index contributed by atoms with van der Waals surface area (Å²) in [5.41, 5.74) is 2.90. The minimum Gasteiger partial charge on any atom is -0.372 e. The number of rotatable bonds is 2. The summed E-state index contributed by atoms with van der Waals surface area (Å²) in [7, 11) is 0. The molecular formula is C17H24N2O. The van der Waals surface area contributed by atoms with Crippen molar-refractivity contribution >= 4 is 0 Å². The highest BCUT2D eigenvalue weighted by molar-refractivity contribution is 5.31. The maximum absolute atomic E-state index is 6.06. The summed E-state index contributed by atoms with van der Waals surface area (Å²) in [6, 6.07) is 9.53. The first kappa shape index (κ1) is 12.8. The summed E-state index contributed by atoms with van der Waals surface area (Å²) < 4.78 is 6.06. The van der Waals surface area contributed by atoms with Crippen LogP contribution in [0.5, 0.6) is 0 Å². The molecular weight excluding hydrogens is 248 g/mol. The van der Waals surface area contributed by atoms with Crippen LogP contribution in [0.15, 0.2) is 24.3 Å². The summed E-state index contributed by atoms with van der Waals surface area (Å²) in [4.78, 5) is 2.61. The SMILES string of the molecule is c1ccc2c(c1)CCOC2CN1CC2CCCNC2C1. The van der Waals surface area contributed by atoms with Gasteiger partial charge < -0.3 is 10.1 Å². The van der Waals surface area contributed by atoms with Gasteiger partial charge in [0.25, 0.3) is 0 Å². The second kappa shape index (κ2) is 5.47. The van der Waals surface area contributed by atoms with E-state index in [-0.39, 0.29) is 6.10 Å². The van der Waals surface area contributed by atoms with Crippen LogP contribution in [0.3, 0.4) is 0 Å². The number of nitrogens with one attached hydrogen (secondary N) is 1. The second-order valence-electron chi connectivity index (χ2n) is 6.49. The lowest BCUT2D eigenvalue weighted by Crippen LogP contribution is -2.41. The first-order chi connectivity index (χ1) is 9.90. The lowest BCUT2D eigenvalue weighted by Gasteiger charge is -2.29. The Labute approximate surface area is 121 Å². The van der Waals surface area contributed by atoms with E-state index in [0.29, 0.717) is 0 Å². The van der Waals surface area contributed by atoms with Gasteiger partial charge in [-0.05, 0) is 42.9 Å². The van der Waals surface area contributed by atoms with E-state index in [1.54, 1.807) is 0 Å². The fourth-order valence-electron chi connectivity index (χ4n) is 4.15. The van der Waals surface area contributed by atoms with Crippen molar-refractivity contribution in [3.63, 3.8) is 0 Å². The second-order valence-corrected chi connectivity index (χ2v) is 6.49. The molecule has 0 amide bonds. The third-order valence-electron chi connectivity index (χ3n) is 5.19. The maximum atomic E-state index is 6.06. The number of benzene rings is 1. The van der Waals surface area contributed by atoms with Crippen molar-refractivity contribution in [2.75, 3.05) is 32.8 Å². The molecule has 0 spiro atoms. The van der Waals surface area contributed by atoms with Gasteiger partial charge in [-0.3, -0.25) is 4.90 Å². The van der Waals surface area contributed by atoms with Crippen LogP contribution in [0.1, 0.15) is 30.1 Å². The lowest BCUT2D eigenvalue weighted by molar-refractivity contribution is 0.0198. The Morgan fingerprint density at radius 1 is 1.25 bits per heavy atom. The molecule has 2 fully saturated rings. The van der Waals surface area contributed by atoms with Crippen LogP contribution in [0.4, 0.5) is 0 Å². The topological polar surface area (TPSA) is 24.5 Å². The van der Waals surface area contributed by atoms with Crippen molar-refractivity contribution < 1.29 is 4.74 Å². The Bertz CT molecular complexity index is 462. The molecule has 3 aliphatic heterocycles. The predicted molar refractivity (Wildman–Crippen MR) is 79.8 cm³/mol. The molecule has 1 aromatic carbocycles. The molecule has 3 unspecified atom stereocenters. The summed E-state index contributed by atoms with van der Waals surface area (Å²) in [5.74, 6) is 0.864. The first-order valence-electron chi connectivity index (χ1n) is 8.05. The molecule has 0 bridgehead atoms. The zero-order valence-electron chi connectivity index (χ0n) is 12.1. The molecule has 3 heteroatoms. The van der Waals surface area contributed by atoms with E-state index in [0.717, 1.165) is 31.5 Å². The molecule has 3 aliphatic rings. The van der Waals surface area contributed by atoms with Crippen LogP contribution < -0.4 is 5.32 Å². The van der Waals surface area contributed by atoms with Crippen molar-refractivity contribution in [1.29, 1.82) is 0 Å². The van der Waals surface area contributed by atoms with E-state index >= 15 is 0 Å². The molecule has 2 saturated heterocycles. The number of ether oxygens (including phenoxy) is 1. The largest absolute Gasteiger partial charge is 0.372 e. The standard InChI is InChI=1S/C17H24N2O/c1-2-6-15-13(4-1)7-9-20-17(15)12-19-10-14-5-3-8-18-16(14)11-19/h1-2,4,6,14,16-18H,3,5,7-12H2. The van der Waals surface area contributed by atoms with Gasteiger partial charge in [0.05, 0.1) is 12.7 Å². The molecule has 0 saturated carbocycles. The lowest BCUT2D eigenvalue weighted by atomic mass is 9.94. The van der Waals surface area contributed by atoms with Crippen molar-refractivity contribution in [3.8, 4) is 0 Å². The summed E-state index contributed by atoms with van der Waals surface area (Å²) in [6.07, 6.45) is 4.09. The maximum Gasteiger partial charge on any atom is 0.0954 e. The molecule has 1 aromatic rings. The number of nitrogens with zero attached hydrogens (tertiary/aromatic N) is 1. The van der Waals surface area contributed by atoms with Crippen molar-refractivity contribution in [3.05, 3.63) is 35.4 Å². The highest BCUT2D eigenvalue weighted by Gasteiger charge is 2.35. The van der Waals surface area contributed by atoms with Gasteiger partial charge in [0, 0.05) is 25.7 Å². The van der Waals surface area contributed by atoms with Crippen molar-refractivity contribution in [2.24, 2.45) is 5.92 Å². The van der Waals surface area contributed by atoms with E-state index in [1.165, 1.54) is 43.6 Å². The van der Waals surface area contributed by atoms with Crippen LogP contribution >= 0.6 is 0 Å². The monoisotopic (exact) mass is 272 g/mol. The third-order valence-corrected chi connectivity index (χ3v) is 5.19. The van der Waals surface area contributed by atoms with Crippen LogP contribution in [-0.2, 0) is 11.2 Å². The van der Waals surface area contributed by atoms with E-state index in [4.69, 9.17) is 4.74 Å². The van der Waals surface area contributed by atoms with Crippen LogP contribution in [-0.4, -0.2) is 43.7 Å². The highest BCUT2D eigenvalue weighted by atomic mass is 16.5. The van der Waals surface area contributed by atoms with Gasteiger partial charge >= 0.3 is 0 Å². The molecule has 1 N–H and O–H groups in total. The molecule has 4 rings (SSSR count). The normalized spacial score (nSPS) is 33.7. The molecule has 3 atom stereocenters. The molecule has 20 heavy (non-hydrogen) atoms. The van der Waals surface area contributed by atoms with E-state index in [9.17, 15) is 0 Å². The van der Waals surface area contributed by atoms with Gasteiger partial charge in [-0.15, -0.1) is 0 Å². The Morgan fingerprint density at radius 3 is 3.15 bits per heavy atom. The molecule has 0 aliphatic carbocycles. The van der Waals surface area contributed by atoms with Gasteiger partial charge in [0.1, 0.15) is 0 Å². The average Bonchev–Trinajstić information content (AvgIpc) is 2.90. The molecule has 3 heterocycles. The fourth-order valence-corrected chi connectivity index (χ4v) is 4.15. The smallest absolute Gasteiger partial charge is 0.0954 e. The number of hydrogen-bond donors (Lipinski definition) is 1. The van der Waals surface area contributed by atoms with Crippen molar-refractivity contribution in [1.82, 2.24) is 10.2 Å². The van der Waals surface area contributed by atoms with Gasteiger partial charge in [0.2, 0.25) is 0 Å². The van der Waals surface area contributed by atoms with Crippen molar-refractivity contribution in [2.45, 2.75) is 31.4 Å². The fraction of sp³-hybridized carbons (Fsp3) is 0.647. The zero-order chi connectivity index (χ0) is 13.4. The van der Waals surface area contributed by atoms with Gasteiger partial charge in [-0.1, -0.05) is 24.3 Å². The zero-order valence-corrected chi connectivity index (χ0v) is 12.1. The Kier molecular flexibility index (Phi) is 3.51. The Balaban J connectivity index is 1.45.